The molecule has 154 valence electrons. The third-order valence-corrected chi connectivity index (χ3v) is 5.18. The molecule has 0 atom stereocenters. The van der Waals surface area contributed by atoms with Gasteiger partial charge in [-0.25, -0.2) is 9.18 Å². The molecule has 2 aromatic carbocycles. The SMILES string of the molecule is Cc1ccc2c(CN(C)CCCc3cc(-c4ccc(F)cc4)n[nH]3)cc(=O)oc2c1. The molecule has 0 unspecified atom stereocenters. The van der Waals surface area contributed by atoms with Crippen LogP contribution in [0.3, 0.4) is 0 Å². The van der Waals surface area contributed by atoms with Crippen LogP contribution in [0.4, 0.5) is 4.39 Å². The molecule has 30 heavy (non-hydrogen) atoms. The zero-order chi connectivity index (χ0) is 21.1. The highest BCUT2D eigenvalue weighted by Crippen LogP contribution is 2.21. The van der Waals surface area contributed by atoms with E-state index in [-0.39, 0.29) is 11.4 Å². The molecular weight excluding hydrogens is 381 g/mol. The van der Waals surface area contributed by atoms with Crippen molar-refractivity contribution in [2.45, 2.75) is 26.3 Å². The van der Waals surface area contributed by atoms with Crippen molar-refractivity contribution in [1.82, 2.24) is 15.1 Å². The normalized spacial score (nSPS) is 11.5. The number of hydrogen-bond acceptors (Lipinski definition) is 4. The molecule has 0 saturated heterocycles. The van der Waals surface area contributed by atoms with Crippen molar-refractivity contribution >= 4 is 11.0 Å². The van der Waals surface area contributed by atoms with Crippen molar-refractivity contribution in [3.05, 3.63) is 87.7 Å². The monoisotopic (exact) mass is 405 g/mol. The topological polar surface area (TPSA) is 62.1 Å². The summed E-state index contributed by atoms with van der Waals surface area (Å²) in [5.74, 6) is -0.253. The predicted molar refractivity (Wildman–Crippen MR) is 116 cm³/mol. The molecule has 0 fully saturated rings. The standard InChI is InChI=1S/C24H24FN3O2/c1-16-5-10-21-18(13-24(29)30-23(21)12-16)15-28(2)11-3-4-20-14-22(27-26-20)17-6-8-19(25)9-7-17/h5-10,12-14H,3-4,11,15H2,1-2H3,(H,26,27). The van der Waals surface area contributed by atoms with Crippen LogP contribution >= 0.6 is 0 Å². The van der Waals surface area contributed by atoms with Gasteiger partial charge in [0.2, 0.25) is 0 Å². The molecule has 6 heteroatoms. The molecule has 1 N–H and O–H groups in total. The number of aromatic nitrogens is 2. The predicted octanol–water partition coefficient (Wildman–Crippen LogP) is 4.70. The third kappa shape index (κ3) is 4.66. The Hall–Kier alpha value is -3.25. The Balaban J connectivity index is 1.36. The maximum absolute atomic E-state index is 13.1. The summed E-state index contributed by atoms with van der Waals surface area (Å²) in [6.07, 6.45) is 1.80. The van der Waals surface area contributed by atoms with Crippen molar-refractivity contribution in [1.29, 1.82) is 0 Å². The average Bonchev–Trinajstić information content (AvgIpc) is 3.17. The molecule has 4 aromatic rings. The van der Waals surface area contributed by atoms with Gasteiger partial charge >= 0.3 is 5.63 Å². The molecule has 2 aromatic heterocycles. The van der Waals surface area contributed by atoms with Crippen molar-refractivity contribution in [3.8, 4) is 11.3 Å². The molecule has 0 amide bonds. The number of benzene rings is 2. The van der Waals surface area contributed by atoms with E-state index in [1.165, 1.54) is 12.1 Å². The Kier molecular flexibility index (Phi) is 5.77. The van der Waals surface area contributed by atoms with Crippen LogP contribution in [-0.2, 0) is 13.0 Å². The number of rotatable bonds is 7. The van der Waals surface area contributed by atoms with Gasteiger partial charge in [-0.2, -0.15) is 5.10 Å². The van der Waals surface area contributed by atoms with Gasteiger partial charge in [0.25, 0.3) is 0 Å². The van der Waals surface area contributed by atoms with Gasteiger partial charge in [-0.3, -0.25) is 5.10 Å². The van der Waals surface area contributed by atoms with E-state index in [4.69, 9.17) is 4.42 Å². The Morgan fingerprint density at radius 1 is 1.10 bits per heavy atom. The van der Waals surface area contributed by atoms with E-state index in [2.05, 4.69) is 15.1 Å². The number of nitrogens with zero attached hydrogens (tertiary/aromatic N) is 2. The fourth-order valence-electron chi connectivity index (χ4n) is 3.64. The van der Waals surface area contributed by atoms with Crippen LogP contribution in [0.25, 0.3) is 22.2 Å². The van der Waals surface area contributed by atoms with Gasteiger partial charge in [-0.15, -0.1) is 0 Å². The summed E-state index contributed by atoms with van der Waals surface area (Å²) < 4.78 is 18.4. The Bertz CT molecular complexity index is 1210. The van der Waals surface area contributed by atoms with Crippen LogP contribution in [0.1, 0.15) is 23.2 Å². The smallest absolute Gasteiger partial charge is 0.336 e. The molecule has 0 aliphatic carbocycles. The van der Waals surface area contributed by atoms with E-state index in [9.17, 15) is 9.18 Å². The highest BCUT2D eigenvalue weighted by atomic mass is 19.1. The highest BCUT2D eigenvalue weighted by molar-refractivity contribution is 5.80. The van der Waals surface area contributed by atoms with Crippen LogP contribution in [0.5, 0.6) is 0 Å². The van der Waals surface area contributed by atoms with Crippen molar-refractivity contribution in [3.63, 3.8) is 0 Å². The molecule has 4 rings (SSSR count). The van der Waals surface area contributed by atoms with Crippen LogP contribution in [0.15, 0.2) is 63.8 Å². The number of halogens is 1. The van der Waals surface area contributed by atoms with Crippen LogP contribution in [0, 0.1) is 12.7 Å². The lowest BCUT2D eigenvalue weighted by Gasteiger charge is -2.17. The molecule has 0 bridgehead atoms. The lowest BCUT2D eigenvalue weighted by Crippen LogP contribution is -2.20. The lowest BCUT2D eigenvalue weighted by atomic mass is 10.1. The second-order valence-corrected chi connectivity index (χ2v) is 7.72. The number of nitrogens with one attached hydrogen (secondary N) is 1. The largest absolute Gasteiger partial charge is 0.423 e. The number of hydrogen-bond donors (Lipinski definition) is 1. The fraction of sp³-hybridized carbons (Fsp3) is 0.250. The highest BCUT2D eigenvalue weighted by Gasteiger charge is 2.09. The minimum Gasteiger partial charge on any atom is -0.423 e. The van der Waals surface area contributed by atoms with E-state index in [1.807, 2.05) is 38.2 Å². The van der Waals surface area contributed by atoms with E-state index < -0.39 is 0 Å². The van der Waals surface area contributed by atoms with E-state index >= 15 is 0 Å². The summed E-state index contributed by atoms with van der Waals surface area (Å²) in [5.41, 5.74) is 5.11. The van der Waals surface area contributed by atoms with E-state index in [0.717, 1.165) is 52.9 Å². The fourth-order valence-corrected chi connectivity index (χ4v) is 3.64. The number of H-pyrrole nitrogens is 1. The molecule has 0 saturated carbocycles. The number of fused-ring (bicyclic) bond motifs is 1. The molecule has 0 aliphatic rings. The summed E-state index contributed by atoms with van der Waals surface area (Å²) in [6, 6.07) is 15.9. The third-order valence-electron chi connectivity index (χ3n) is 5.18. The maximum atomic E-state index is 13.1. The van der Waals surface area contributed by atoms with Gasteiger partial charge in [0.15, 0.2) is 0 Å². The maximum Gasteiger partial charge on any atom is 0.336 e. The number of aromatic amines is 1. The summed E-state index contributed by atoms with van der Waals surface area (Å²) >= 11 is 0. The van der Waals surface area contributed by atoms with Gasteiger partial charge in [0, 0.05) is 29.3 Å². The summed E-state index contributed by atoms with van der Waals surface area (Å²) in [4.78, 5) is 14.1. The molecule has 5 nitrogen and oxygen atoms in total. The Morgan fingerprint density at radius 2 is 1.90 bits per heavy atom. The molecular formula is C24H24FN3O2. The van der Waals surface area contributed by atoms with Gasteiger partial charge in [-0.05, 0) is 80.9 Å². The van der Waals surface area contributed by atoms with Crippen molar-refractivity contribution in [2.75, 3.05) is 13.6 Å². The van der Waals surface area contributed by atoms with Crippen LogP contribution < -0.4 is 5.63 Å². The first-order valence-corrected chi connectivity index (χ1v) is 10.00. The summed E-state index contributed by atoms with van der Waals surface area (Å²) in [6.45, 7) is 3.53. The second-order valence-electron chi connectivity index (χ2n) is 7.72. The first-order valence-electron chi connectivity index (χ1n) is 10.00. The van der Waals surface area contributed by atoms with E-state index in [0.29, 0.717) is 12.1 Å². The Labute approximate surface area is 174 Å². The summed E-state index contributed by atoms with van der Waals surface area (Å²) in [5, 5.41) is 8.37. The van der Waals surface area contributed by atoms with Gasteiger partial charge < -0.3 is 9.32 Å². The molecule has 0 spiro atoms. The molecule has 2 heterocycles. The molecule has 0 radical (unpaired) electrons. The summed E-state index contributed by atoms with van der Waals surface area (Å²) in [7, 11) is 2.05. The lowest BCUT2D eigenvalue weighted by molar-refractivity contribution is 0.322. The average molecular weight is 405 g/mol. The van der Waals surface area contributed by atoms with E-state index in [1.54, 1.807) is 18.2 Å². The zero-order valence-corrected chi connectivity index (χ0v) is 17.1. The first-order chi connectivity index (χ1) is 14.5. The van der Waals surface area contributed by atoms with Crippen molar-refractivity contribution in [2.24, 2.45) is 0 Å². The molecule has 0 aliphatic heterocycles. The Morgan fingerprint density at radius 3 is 2.70 bits per heavy atom. The quantitative estimate of drug-likeness (QED) is 0.453. The van der Waals surface area contributed by atoms with Gasteiger partial charge in [0.1, 0.15) is 11.4 Å². The minimum atomic E-state index is -0.317. The van der Waals surface area contributed by atoms with Gasteiger partial charge in [0.05, 0.1) is 5.69 Å². The van der Waals surface area contributed by atoms with Crippen LogP contribution in [0.2, 0.25) is 0 Å². The zero-order valence-electron chi connectivity index (χ0n) is 17.1. The van der Waals surface area contributed by atoms with Crippen LogP contribution in [-0.4, -0.2) is 28.7 Å². The first kappa shape index (κ1) is 20.0. The van der Waals surface area contributed by atoms with Gasteiger partial charge in [-0.1, -0.05) is 12.1 Å². The minimum absolute atomic E-state index is 0.253. The van der Waals surface area contributed by atoms with Crippen molar-refractivity contribution < 1.29 is 8.81 Å². The second kappa shape index (κ2) is 8.63. The number of aryl methyl sites for hydroxylation is 2.